The normalized spacial score (nSPS) is 10.1. The van der Waals surface area contributed by atoms with Crippen molar-refractivity contribution < 1.29 is 9.90 Å². The number of hydrogen-bond donors (Lipinski definition) is 1. The molecule has 6 nitrogen and oxygen atoms in total. The van der Waals surface area contributed by atoms with Gasteiger partial charge in [0.05, 0.1) is 6.20 Å². The van der Waals surface area contributed by atoms with Crippen molar-refractivity contribution in [3.8, 4) is 6.07 Å². The molecule has 2 heterocycles. The number of fused-ring (bicyclic) bond motifs is 1. The molecule has 0 fully saturated rings. The fourth-order valence-electron chi connectivity index (χ4n) is 1.11. The maximum Gasteiger partial charge on any atom is 0.354 e. The van der Waals surface area contributed by atoms with Crippen LogP contribution in [0, 0.1) is 11.3 Å². The Labute approximate surface area is 88.3 Å². The van der Waals surface area contributed by atoms with Crippen LogP contribution in [0.25, 0.3) is 5.65 Å². The Balaban J connectivity index is 2.84. The fourth-order valence-corrected chi connectivity index (χ4v) is 1.34. The molecule has 0 aromatic carbocycles. The molecule has 0 unspecified atom stereocenters. The summed E-state index contributed by atoms with van der Waals surface area (Å²) in [4.78, 5) is 14.4. The first-order valence-electron chi connectivity index (χ1n) is 3.81. The van der Waals surface area contributed by atoms with Crippen molar-refractivity contribution in [1.29, 1.82) is 5.26 Å². The number of aromatic carboxylic acids is 1. The molecule has 0 bridgehead atoms. The quantitative estimate of drug-likeness (QED) is 0.726. The molecule has 0 aliphatic heterocycles. The monoisotopic (exact) mass is 222 g/mol. The summed E-state index contributed by atoms with van der Waals surface area (Å²) in [5.41, 5.74) is 0.104. The zero-order chi connectivity index (χ0) is 11.0. The summed E-state index contributed by atoms with van der Waals surface area (Å²) in [6.07, 6.45) is 1.28. The van der Waals surface area contributed by atoms with Crippen LogP contribution in [0.15, 0.2) is 12.3 Å². The Morgan fingerprint density at radius 1 is 1.67 bits per heavy atom. The highest BCUT2D eigenvalue weighted by atomic mass is 35.5. The lowest BCUT2D eigenvalue weighted by atomic mass is 10.3. The summed E-state index contributed by atoms with van der Waals surface area (Å²) in [5.74, 6) is -1.20. The number of carboxylic acid groups (broad SMARTS) is 1. The second-order valence-corrected chi connectivity index (χ2v) is 3.06. The minimum Gasteiger partial charge on any atom is -0.477 e. The van der Waals surface area contributed by atoms with Gasteiger partial charge in [-0.1, -0.05) is 11.6 Å². The van der Waals surface area contributed by atoms with Crippen LogP contribution in [-0.4, -0.2) is 25.7 Å². The number of halogens is 1. The predicted octanol–water partition coefficient (Wildman–Crippen LogP) is 0.953. The molecule has 7 heteroatoms. The number of hydrogen-bond acceptors (Lipinski definition) is 4. The molecular formula is C8H3ClN4O2. The lowest BCUT2D eigenvalue weighted by Gasteiger charge is -1.98. The number of rotatable bonds is 1. The van der Waals surface area contributed by atoms with Crippen LogP contribution in [-0.2, 0) is 0 Å². The van der Waals surface area contributed by atoms with Gasteiger partial charge in [-0.15, -0.1) is 0 Å². The highest BCUT2D eigenvalue weighted by Crippen LogP contribution is 2.15. The zero-order valence-corrected chi connectivity index (χ0v) is 7.93. The van der Waals surface area contributed by atoms with Gasteiger partial charge in [-0.25, -0.2) is 14.3 Å². The fraction of sp³-hybridized carbons (Fsp3) is 0. The molecule has 0 aliphatic carbocycles. The molecule has 2 aromatic rings. The van der Waals surface area contributed by atoms with Gasteiger partial charge in [0.1, 0.15) is 16.8 Å². The molecule has 74 valence electrons. The molecule has 2 rings (SSSR count). The van der Waals surface area contributed by atoms with Crippen molar-refractivity contribution in [3.63, 3.8) is 0 Å². The lowest BCUT2D eigenvalue weighted by molar-refractivity contribution is 0.0690. The topological polar surface area (TPSA) is 91.3 Å². The Kier molecular flexibility index (Phi) is 2.02. The molecule has 2 aromatic heterocycles. The minimum atomic E-state index is -1.20. The van der Waals surface area contributed by atoms with E-state index in [1.54, 1.807) is 0 Å². The SMILES string of the molecule is N#Cc1cnn2c(Cl)cc(C(=O)O)nc12. The minimum absolute atomic E-state index is 0.0962. The largest absolute Gasteiger partial charge is 0.477 e. The summed E-state index contributed by atoms with van der Waals surface area (Å²) in [5, 5.41) is 21.3. The van der Waals surface area contributed by atoms with Gasteiger partial charge >= 0.3 is 5.97 Å². The maximum atomic E-state index is 10.7. The molecule has 0 spiro atoms. The van der Waals surface area contributed by atoms with E-state index in [0.29, 0.717) is 0 Å². The highest BCUT2D eigenvalue weighted by Gasteiger charge is 2.13. The van der Waals surface area contributed by atoms with Crippen LogP contribution in [0.2, 0.25) is 5.15 Å². The molecule has 15 heavy (non-hydrogen) atoms. The third kappa shape index (κ3) is 1.39. The summed E-state index contributed by atoms with van der Waals surface area (Å²) >= 11 is 5.76. The van der Waals surface area contributed by atoms with E-state index in [9.17, 15) is 4.79 Å². The molecule has 0 atom stereocenters. The maximum absolute atomic E-state index is 10.7. The van der Waals surface area contributed by atoms with Crippen LogP contribution in [0.4, 0.5) is 0 Å². The second kappa shape index (κ2) is 3.22. The highest BCUT2D eigenvalue weighted by molar-refractivity contribution is 6.30. The van der Waals surface area contributed by atoms with Crippen molar-refractivity contribution in [1.82, 2.24) is 14.6 Å². The van der Waals surface area contributed by atoms with Gasteiger partial charge in [-0.05, 0) is 0 Å². The first-order chi connectivity index (χ1) is 7.13. The molecule has 0 aliphatic rings. The van der Waals surface area contributed by atoms with Gasteiger partial charge < -0.3 is 5.11 Å². The van der Waals surface area contributed by atoms with E-state index < -0.39 is 5.97 Å². The molecule has 0 radical (unpaired) electrons. The third-order valence-corrected chi connectivity index (χ3v) is 2.04. The van der Waals surface area contributed by atoms with Crippen molar-refractivity contribution in [3.05, 3.63) is 28.7 Å². The first-order valence-corrected chi connectivity index (χ1v) is 4.19. The molecule has 1 N–H and O–H groups in total. The van der Waals surface area contributed by atoms with Gasteiger partial charge in [0.15, 0.2) is 11.3 Å². The van der Waals surface area contributed by atoms with Gasteiger partial charge in [0.2, 0.25) is 0 Å². The Morgan fingerprint density at radius 2 is 2.40 bits per heavy atom. The Bertz CT molecular complexity index is 598. The molecule has 0 saturated heterocycles. The predicted molar refractivity (Wildman–Crippen MR) is 49.7 cm³/mol. The van der Waals surface area contributed by atoms with Crippen molar-refractivity contribution in [2.75, 3.05) is 0 Å². The number of carboxylic acids is 1. The van der Waals surface area contributed by atoms with Crippen LogP contribution < -0.4 is 0 Å². The Hall–Kier alpha value is -2.13. The molecular weight excluding hydrogens is 220 g/mol. The van der Waals surface area contributed by atoms with Crippen molar-refractivity contribution in [2.45, 2.75) is 0 Å². The van der Waals surface area contributed by atoms with Crippen LogP contribution >= 0.6 is 11.6 Å². The smallest absolute Gasteiger partial charge is 0.354 e. The van der Waals surface area contributed by atoms with E-state index in [0.717, 1.165) is 0 Å². The standard InChI is InChI=1S/C8H3ClN4O2/c9-6-1-5(8(14)15)12-7-4(2-10)3-11-13(6)7/h1,3H,(H,14,15). The second-order valence-electron chi connectivity index (χ2n) is 2.67. The van der Waals surface area contributed by atoms with E-state index in [4.69, 9.17) is 22.0 Å². The Morgan fingerprint density at radius 3 is 3.00 bits per heavy atom. The average Bonchev–Trinajstić information content (AvgIpc) is 2.60. The first kappa shape index (κ1) is 9.43. The summed E-state index contributed by atoms with van der Waals surface area (Å²) in [7, 11) is 0. The van der Waals surface area contributed by atoms with Crippen LogP contribution in [0.5, 0.6) is 0 Å². The summed E-state index contributed by atoms with van der Waals surface area (Å²) < 4.78 is 1.20. The summed E-state index contributed by atoms with van der Waals surface area (Å²) in [6, 6.07) is 3.02. The third-order valence-electron chi connectivity index (χ3n) is 1.77. The van der Waals surface area contributed by atoms with Crippen molar-refractivity contribution >= 4 is 23.2 Å². The van der Waals surface area contributed by atoms with Gasteiger partial charge in [0, 0.05) is 6.07 Å². The van der Waals surface area contributed by atoms with E-state index in [1.807, 2.05) is 6.07 Å². The van der Waals surface area contributed by atoms with Gasteiger partial charge in [0.25, 0.3) is 0 Å². The van der Waals surface area contributed by atoms with Crippen LogP contribution in [0.3, 0.4) is 0 Å². The number of nitriles is 1. The van der Waals surface area contributed by atoms with E-state index in [1.165, 1.54) is 16.8 Å². The number of aromatic nitrogens is 3. The van der Waals surface area contributed by atoms with E-state index >= 15 is 0 Å². The average molecular weight is 223 g/mol. The number of carbonyl (C=O) groups is 1. The van der Waals surface area contributed by atoms with Gasteiger partial charge in [-0.3, -0.25) is 0 Å². The van der Waals surface area contributed by atoms with Gasteiger partial charge in [-0.2, -0.15) is 10.4 Å². The van der Waals surface area contributed by atoms with E-state index in [-0.39, 0.29) is 22.1 Å². The van der Waals surface area contributed by atoms with Crippen molar-refractivity contribution in [2.24, 2.45) is 0 Å². The summed E-state index contributed by atoms with van der Waals surface area (Å²) in [6.45, 7) is 0. The van der Waals surface area contributed by atoms with E-state index in [2.05, 4.69) is 10.1 Å². The number of nitrogens with zero attached hydrogens (tertiary/aromatic N) is 4. The molecule has 0 saturated carbocycles. The lowest BCUT2D eigenvalue weighted by Crippen LogP contribution is -2.04. The zero-order valence-electron chi connectivity index (χ0n) is 7.18. The van der Waals surface area contributed by atoms with Crippen LogP contribution in [0.1, 0.15) is 16.1 Å². The molecule has 0 amide bonds.